The van der Waals surface area contributed by atoms with E-state index in [1.165, 1.54) is 25.9 Å². The van der Waals surface area contributed by atoms with Gasteiger partial charge in [0.15, 0.2) is 0 Å². The summed E-state index contributed by atoms with van der Waals surface area (Å²) in [6.07, 6.45) is 5.30. The zero-order chi connectivity index (χ0) is 14.2. The Morgan fingerprint density at radius 3 is 2.55 bits per heavy atom. The summed E-state index contributed by atoms with van der Waals surface area (Å²) in [6, 6.07) is 7.89. The highest BCUT2D eigenvalue weighted by Crippen LogP contribution is 2.21. The van der Waals surface area contributed by atoms with Gasteiger partial charge >= 0.3 is 0 Å². The smallest absolute Gasteiger partial charge is 0.119 e. The van der Waals surface area contributed by atoms with Crippen LogP contribution in [0.15, 0.2) is 24.3 Å². The van der Waals surface area contributed by atoms with Gasteiger partial charge in [-0.3, -0.25) is 0 Å². The fourth-order valence-corrected chi connectivity index (χ4v) is 2.60. The quantitative estimate of drug-likeness (QED) is 0.739. The zero-order valence-electron chi connectivity index (χ0n) is 12.6. The molecule has 3 heteroatoms. The Bertz CT molecular complexity index is 371. The monoisotopic (exact) mass is 277 g/mol. The average Bonchev–Trinajstić information content (AvgIpc) is 2.99. The van der Waals surface area contributed by atoms with Crippen LogP contribution in [0.4, 0.5) is 0 Å². The van der Waals surface area contributed by atoms with Crippen molar-refractivity contribution in [3.63, 3.8) is 0 Å². The van der Waals surface area contributed by atoms with Gasteiger partial charge in [0.1, 0.15) is 5.75 Å². The molecule has 0 bridgehead atoms. The first-order chi connectivity index (χ1) is 9.79. The molecule has 1 aromatic carbocycles. The second-order valence-corrected chi connectivity index (χ2v) is 5.62. The summed E-state index contributed by atoms with van der Waals surface area (Å²) in [5.74, 6) is 0.897. The van der Waals surface area contributed by atoms with Gasteiger partial charge in [-0.1, -0.05) is 25.5 Å². The number of hydrogen-bond donors (Lipinski definition) is 1. The topological polar surface area (TPSA) is 32.7 Å². The molecular weight excluding hydrogens is 250 g/mol. The summed E-state index contributed by atoms with van der Waals surface area (Å²) in [7, 11) is 0. The van der Waals surface area contributed by atoms with E-state index in [9.17, 15) is 5.11 Å². The number of aliphatic hydroxyl groups excluding tert-OH is 1. The SMILES string of the molecule is CCCCOc1ccc(C(O)CCN2CCCC2)cc1. The Morgan fingerprint density at radius 1 is 1.20 bits per heavy atom. The van der Waals surface area contributed by atoms with E-state index in [1.807, 2.05) is 24.3 Å². The largest absolute Gasteiger partial charge is 0.494 e. The lowest BCUT2D eigenvalue weighted by molar-refractivity contribution is 0.149. The van der Waals surface area contributed by atoms with E-state index in [-0.39, 0.29) is 6.10 Å². The van der Waals surface area contributed by atoms with E-state index in [0.717, 1.165) is 43.7 Å². The Hall–Kier alpha value is -1.06. The molecule has 0 amide bonds. The third kappa shape index (κ3) is 4.80. The summed E-state index contributed by atoms with van der Waals surface area (Å²) in [5, 5.41) is 10.2. The number of rotatable bonds is 8. The molecule has 1 N–H and O–H groups in total. The molecule has 0 saturated carbocycles. The summed E-state index contributed by atoms with van der Waals surface area (Å²) < 4.78 is 5.63. The molecule has 1 aromatic rings. The second kappa shape index (κ2) is 8.28. The molecule has 20 heavy (non-hydrogen) atoms. The van der Waals surface area contributed by atoms with Crippen molar-refractivity contribution in [2.24, 2.45) is 0 Å². The molecule has 1 fully saturated rings. The maximum Gasteiger partial charge on any atom is 0.119 e. The number of benzene rings is 1. The summed E-state index contributed by atoms with van der Waals surface area (Å²) in [6.45, 7) is 6.31. The van der Waals surface area contributed by atoms with Crippen molar-refractivity contribution < 1.29 is 9.84 Å². The Kier molecular flexibility index (Phi) is 6.34. The highest BCUT2D eigenvalue weighted by molar-refractivity contribution is 5.28. The normalized spacial score (nSPS) is 17.3. The predicted molar refractivity (Wildman–Crippen MR) is 82.1 cm³/mol. The molecule has 112 valence electrons. The molecule has 0 aliphatic carbocycles. The molecule has 0 aromatic heterocycles. The van der Waals surface area contributed by atoms with Crippen LogP contribution in [0.2, 0.25) is 0 Å². The minimum absolute atomic E-state index is 0.361. The summed E-state index contributed by atoms with van der Waals surface area (Å²) in [5.41, 5.74) is 0.993. The Balaban J connectivity index is 1.75. The van der Waals surface area contributed by atoms with Gasteiger partial charge in [-0.2, -0.15) is 0 Å². The fraction of sp³-hybridized carbons (Fsp3) is 0.647. The van der Waals surface area contributed by atoms with Gasteiger partial charge < -0.3 is 14.7 Å². The third-order valence-corrected chi connectivity index (χ3v) is 3.95. The highest BCUT2D eigenvalue weighted by atomic mass is 16.5. The predicted octanol–water partition coefficient (Wildman–Crippen LogP) is 3.38. The van der Waals surface area contributed by atoms with E-state index in [0.29, 0.717) is 0 Å². The number of likely N-dealkylation sites (tertiary alicyclic amines) is 1. The minimum Gasteiger partial charge on any atom is -0.494 e. The lowest BCUT2D eigenvalue weighted by Gasteiger charge is -2.17. The second-order valence-electron chi connectivity index (χ2n) is 5.62. The van der Waals surface area contributed by atoms with E-state index in [2.05, 4.69) is 11.8 Å². The van der Waals surface area contributed by atoms with Crippen LogP contribution in [0.1, 0.15) is 50.7 Å². The maximum absolute atomic E-state index is 10.2. The van der Waals surface area contributed by atoms with Crippen LogP contribution in [0.25, 0.3) is 0 Å². The number of aliphatic hydroxyl groups is 1. The van der Waals surface area contributed by atoms with E-state index < -0.39 is 0 Å². The molecule has 0 radical (unpaired) electrons. The zero-order valence-corrected chi connectivity index (χ0v) is 12.6. The first-order valence-electron chi connectivity index (χ1n) is 7.93. The first-order valence-corrected chi connectivity index (χ1v) is 7.93. The average molecular weight is 277 g/mol. The molecule has 1 saturated heterocycles. The van der Waals surface area contributed by atoms with Crippen molar-refractivity contribution in [3.8, 4) is 5.75 Å². The van der Waals surface area contributed by atoms with Crippen molar-refractivity contribution in [1.82, 2.24) is 4.90 Å². The van der Waals surface area contributed by atoms with Crippen molar-refractivity contribution >= 4 is 0 Å². The van der Waals surface area contributed by atoms with Gasteiger partial charge in [0, 0.05) is 6.54 Å². The molecular formula is C17H27NO2. The summed E-state index contributed by atoms with van der Waals surface area (Å²) >= 11 is 0. The van der Waals surface area contributed by atoms with Crippen molar-refractivity contribution in [2.75, 3.05) is 26.2 Å². The number of nitrogens with zero attached hydrogens (tertiary/aromatic N) is 1. The Labute approximate surface area is 122 Å². The van der Waals surface area contributed by atoms with Gasteiger partial charge in [-0.25, -0.2) is 0 Å². The van der Waals surface area contributed by atoms with Crippen molar-refractivity contribution in [1.29, 1.82) is 0 Å². The molecule has 1 heterocycles. The Morgan fingerprint density at radius 2 is 1.90 bits per heavy atom. The fourth-order valence-electron chi connectivity index (χ4n) is 2.60. The van der Waals surface area contributed by atoms with Gasteiger partial charge in [0.25, 0.3) is 0 Å². The minimum atomic E-state index is -0.361. The van der Waals surface area contributed by atoms with Crippen molar-refractivity contribution in [3.05, 3.63) is 29.8 Å². The van der Waals surface area contributed by atoms with Crippen LogP contribution in [0.3, 0.4) is 0 Å². The van der Waals surface area contributed by atoms with Crippen molar-refractivity contribution in [2.45, 2.75) is 45.1 Å². The maximum atomic E-state index is 10.2. The lowest BCUT2D eigenvalue weighted by atomic mass is 10.1. The molecule has 2 rings (SSSR count). The molecule has 1 unspecified atom stereocenters. The van der Waals surface area contributed by atoms with E-state index >= 15 is 0 Å². The lowest BCUT2D eigenvalue weighted by Crippen LogP contribution is -2.22. The molecule has 0 spiro atoms. The first kappa shape index (κ1) is 15.3. The third-order valence-electron chi connectivity index (χ3n) is 3.95. The van der Waals surface area contributed by atoms with Crippen LogP contribution < -0.4 is 4.74 Å². The van der Waals surface area contributed by atoms with Gasteiger partial charge in [-0.15, -0.1) is 0 Å². The molecule has 1 atom stereocenters. The van der Waals surface area contributed by atoms with Gasteiger partial charge in [-0.05, 0) is 56.5 Å². The number of hydrogen-bond acceptors (Lipinski definition) is 3. The van der Waals surface area contributed by atoms with Crippen LogP contribution in [-0.4, -0.2) is 36.2 Å². The van der Waals surface area contributed by atoms with Gasteiger partial charge in [0.05, 0.1) is 12.7 Å². The summed E-state index contributed by atoms with van der Waals surface area (Å²) in [4.78, 5) is 2.44. The number of unbranched alkanes of at least 4 members (excludes halogenated alkanes) is 1. The number of ether oxygens (including phenoxy) is 1. The van der Waals surface area contributed by atoms with Crippen LogP contribution in [0, 0.1) is 0 Å². The van der Waals surface area contributed by atoms with Crippen LogP contribution in [0.5, 0.6) is 5.75 Å². The highest BCUT2D eigenvalue weighted by Gasteiger charge is 2.14. The van der Waals surface area contributed by atoms with Gasteiger partial charge in [0.2, 0.25) is 0 Å². The van der Waals surface area contributed by atoms with E-state index in [4.69, 9.17) is 4.74 Å². The molecule has 1 aliphatic heterocycles. The standard InChI is InChI=1S/C17H27NO2/c1-2-3-14-20-16-8-6-15(7-9-16)17(19)10-13-18-11-4-5-12-18/h6-9,17,19H,2-5,10-14H2,1H3. The van der Waals surface area contributed by atoms with Crippen LogP contribution in [-0.2, 0) is 0 Å². The molecule has 1 aliphatic rings. The molecule has 3 nitrogen and oxygen atoms in total. The van der Waals surface area contributed by atoms with E-state index in [1.54, 1.807) is 0 Å². The van der Waals surface area contributed by atoms with Crippen LogP contribution >= 0.6 is 0 Å².